The van der Waals surface area contributed by atoms with E-state index in [0.29, 0.717) is 67.7 Å². The van der Waals surface area contributed by atoms with E-state index in [2.05, 4.69) is 31.0 Å². The summed E-state index contributed by atoms with van der Waals surface area (Å²) in [5.41, 5.74) is 4.67. The molecular formula is C65H73N9O19S. The number of ether oxygens (including phenoxy) is 3. The van der Waals surface area contributed by atoms with Crippen molar-refractivity contribution in [2.45, 2.75) is 51.6 Å². The van der Waals surface area contributed by atoms with Crippen LogP contribution in [-0.2, 0) is 38.9 Å². The van der Waals surface area contributed by atoms with Crippen LogP contribution in [0.4, 0.5) is 17.1 Å². The van der Waals surface area contributed by atoms with Gasteiger partial charge in [-0.25, -0.2) is 0 Å². The Kier molecular flexibility index (Phi) is 30.7. The molecule has 0 fully saturated rings. The van der Waals surface area contributed by atoms with Gasteiger partial charge in [0.25, 0.3) is 10.1 Å². The van der Waals surface area contributed by atoms with Crippen molar-refractivity contribution in [2.24, 2.45) is 42.8 Å². The summed E-state index contributed by atoms with van der Waals surface area (Å²) in [5.74, 6) is -6.90. The molecule has 0 saturated carbocycles. The zero-order valence-electron chi connectivity index (χ0n) is 52.5. The number of ketones is 6. The third kappa shape index (κ3) is 28.6. The van der Waals surface area contributed by atoms with E-state index in [1.165, 1.54) is 6.92 Å². The average molecular weight is 1320 g/mol. The van der Waals surface area contributed by atoms with E-state index >= 15 is 0 Å². The minimum absolute atomic E-state index is 0.0134. The van der Waals surface area contributed by atoms with Gasteiger partial charge >= 0.3 is 17.9 Å². The molecule has 94 heavy (non-hydrogen) atoms. The van der Waals surface area contributed by atoms with E-state index in [4.69, 9.17) is 34.1 Å². The van der Waals surface area contributed by atoms with Crippen LogP contribution in [0.25, 0.3) is 0 Å². The molecule has 0 spiro atoms. The number of hydrogen-bond donors (Lipinski definition) is 5. The van der Waals surface area contributed by atoms with Gasteiger partial charge in [0.15, 0.2) is 34.7 Å². The molecule has 0 aromatic heterocycles. The summed E-state index contributed by atoms with van der Waals surface area (Å²) in [7, 11) is 6.46. The molecule has 6 rings (SSSR count). The second kappa shape index (κ2) is 38.2. The van der Waals surface area contributed by atoms with Crippen molar-refractivity contribution in [3.63, 3.8) is 0 Å². The second-order valence-corrected chi connectivity index (χ2v) is 22.8. The zero-order valence-corrected chi connectivity index (χ0v) is 53.4. The zero-order chi connectivity index (χ0) is 69.5. The number of rotatable bonds is 35. The van der Waals surface area contributed by atoms with Gasteiger partial charge in [0.2, 0.25) is 0 Å². The molecule has 6 aromatic rings. The first-order chi connectivity index (χ1) is 44.5. The number of carboxylic acids is 3. The number of benzene rings is 6. The number of carboxylic acid groups (broad SMARTS) is 3. The molecule has 5 N–H and O–H groups in total. The summed E-state index contributed by atoms with van der Waals surface area (Å²) in [6, 6.07) is 39.0. The fourth-order valence-electron chi connectivity index (χ4n) is 7.80. The van der Waals surface area contributed by atoms with Gasteiger partial charge in [-0.15, -0.1) is 15.3 Å². The summed E-state index contributed by atoms with van der Waals surface area (Å²) >= 11 is 0. The molecule has 6 aromatic carbocycles. The van der Waals surface area contributed by atoms with Crippen LogP contribution in [0.3, 0.4) is 0 Å². The molecular weight excluding hydrogens is 1240 g/mol. The SMILES string of the molecule is CC(O)C(CC(=O)COc1ccc(C(=O)c2ccc(N=NN(C)C)cc2)cc1)C(=O)O.CN(C)N=Nc1ccc(C(=O)c2ccc(OCC(=O)CC(CCC(=O)O)C(=O)O)cc2)cc1.CN(C)N=Nc1ccc(C(=O)c2ccc(OCC(=O)CCCS(=O)(=O)O)cc2)cc1. The molecule has 0 heterocycles. The van der Waals surface area contributed by atoms with E-state index in [9.17, 15) is 56.7 Å². The quantitative estimate of drug-likeness (QED) is 0.0107. The van der Waals surface area contributed by atoms with E-state index < -0.39 is 63.3 Å². The standard InChI is InChI=1S/C23H25N3O7.C22H25N3O6.C20H23N3O6S/c1-26(2)25-24-18-8-3-15(4-9-18)22(30)16-5-10-20(11-6-16)33-14-19(27)13-17(23(31)32)7-12-21(28)29;1-14(26)20(22(29)30)12-18(27)13-31-19-10-6-16(7-11-19)21(28)15-4-8-17(9-5-15)23-24-25(2)3;1-23(2)22-21-17-9-5-15(6-10-17)20(25)16-7-11-19(12-8-16)29-14-18(24)4-3-13-30(26,27)28/h3-6,8-11,17H,7,12-14H2,1-2H3,(H,28,29)(H,31,32);4-11,14,20,26H,12-13H2,1-3H3,(H,29,30);5-12H,3-4,13-14H2,1-2H3,(H,26,27,28). The van der Waals surface area contributed by atoms with E-state index in [-0.39, 0.29) is 81.5 Å². The van der Waals surface area contributed by atoms with Gasteiger partial charge in [-0.2, -0.15) is 8.42 Å². The third-order valence-electron chi connectivity index (χ3n) is 12.7. The summed E-state index contributed by atoms with van der Waals surface area (Å²) < 4.78 is 46.0. The number of Topliss-reactive ketones (excluding diaryl/α,β-unsaturated/α-hetero) is 3. The molecule has 3 atom stereocenters. The van der Waals surface area contributed by atoms with Crippen molar-refractivity contribution in [2.75, 3.05) is 67.9 Å². The second-order valence-electron chi connectivity index (χ2n) is 21.2. The minimum Gasteiger partial charge on any atom is -0.486 e. The van der Waals surface area contributed by atoms with Crippen LogP contribution in [0, 0.1) is 11.8 Å². The molecule has 0 radical (unpaired) electrons. The number of aliphatic hydroxyl groups excluding tert-OH is 1. The van der Waals surface area contributed by atoms with Crippen LogP contribution in [0.5, 0.6) is 17.2 Å². The van der Waals surface area contributed by atoms with Gasteiger partial charge in [0.05, 0.1) is 40.8 Å². The molecule has 498 valence electrons. The maximum absolute atomic E-state index is 12.6. The van der Waals surface area contributed by atoms with Crippen LogP contribution in [0.1, 0.15) is 93.2 Å². The summed E-state index contributed by atoms with van der Waals surface area (Å²) in [5, 5.41) is 64.7. The molecule has 0 aliphatic heterocycles. The van der Waals surface area contributed by atoms with Crippen molar-refractivity contribution in [1.29, 1.82) is 0 Å². The topological polar surface area (TPSA) is 400 Å². The predicted molar refractivity (Wildman–Crippen MR) is 341 cm³/mol. The maximum Gasteiger partial charge on any atom is 0.309 e. The highest BCUT2D eigenvalue weighted by Gasteiger charge is 2.27. The number of carbonyl (C=O) groups excluding carboxylic acids is 6. The molecule has 0 saturated heterocycles. The van der Waals surface area contributed by atoms with E-state index in [0.717, 1.165) is 0 Å². The Hall–Kier alpha value is -10.8. The lowest BCUT2D eigenvalue weighted by molar-refractivity contribution is -0.148. The number of nitrogens with zero attached hydrogens (tertiary/aromatic N) is 9. The number of aliphatic carboxylic acids is 3. The highest BCUT2D eigenvalue weighted by atomic mass is 32.2. The molecule has 3 unspecified atom stereocenters. The van der Waals surface area contributed by atoms with Gasteiger partial charge in [0, 0.05) is 101 Å². The fourth-order valence-corrected chi connectivity index (χ4v) is 8.31. The highest BCUT2D eigenvalue weighted by Crippen LogP contribution is 2.24. The molecule has 0 aliphatic rings. The largest absolute Gasteiger partial charge is 0.486 e. The van der Waals surface area contributed by atoms with Crippen molar-refractivity contribution < 1.29 is 90.8 Å². The Bertz CT molecular complexity index is 3730. The Morgan fingerprint density at radius 3 is 1.00 bits per heavy atom. The van der Waals surface area contributed by atoms with Crippen LogP contribution in [-0.4, -0.2) is 175 Å². The molecule has 0 amide bonds. The first-order valence-corrected chi connectivity index (χ1v) is 30.3. The lowest BCUT2D eigenvalue weighted by Crippen LogP contribution is -2.29. The Morgan fingerprint density at radius 1 is 0.436 bits per heavy atom. The van der Waals surface area contributed by atoms with Crippen molar-refractivity contribution in [3.8, 4) is 17.2 Å². The monoisotopic (exact) mass is 1320 g/mol. The van der Waals surface area contributed by atoms with Crippen LogP contribution >= 0.6 is 0 Å². The smallest absolute Gasteiger partial charge is 0.309 e. The van der Waals surface area contributed by atoms with Crippen LogP contribution in [0.15, 0.2) is 177 Å². The van der Waals surface area contributed by atoms with Crippen LogP contribution < -0.4 is 14.2 Å². The van der Waals surface area contributed by atoms with Crippen molar-refractivity contribution >= 4 is 79.8 Å². The van der Waals surface area contributed by atoms with Crippen molar-refractivity contribution in [3.05, 3.63) is 179 Å². The van der Waals surface area contributed by atoms with E-state index in [1.807, 2.05) is 0 Å². The Labute approximate surface area is 541 Å². The fraction of sp³-hybridized carbons (Fsp3) is 0.308. The number of hydrogen-bond acceptors (Lipinski definition) is 21. The van der Waals surface area contributed by atoms with Gasteiger partial charge < -0.3 is 34.6 Å². The molecule has 0 bridgehead atoms. The third-order valence-corrected chi connectivity index (χ3v) is 13.5. The average Bonchev–Trinajstić information content (AvgIpc) is 0.882. The highest BCUT2D eigenvalue weighted by molar-refractivity contribution is 7.85. The maximum atomic E-state index is 12.6. The van der Waals surface area contributed by atoms with Crippen molar-refractivity contribution in [1.82, 2.24) is 15.0 Å². The normalized spacial score (nSPS) is 12.0. The first kappa shape index (κ1) is 75.7. The van der Waals surface area contributed by atoms with Crippen LogP contribution in [0.2, 0.25) is 0 Å². The van der Waals surface area contributed by atoms with Gasteiger partial charge in [-0.1, -0.05) is 15.7 Å². The van der Waals surface area contributed by atoms with Gasteiger partial charge in [-0.3, -0.25) is 62.7 Å². The van der Waals surface area contributed by atoms with E-state index in [1.54, 1.807) is 203 Å². The first-order valence-electron chi connectivity index (χ1n) is 28.7. The molecule has 0 aliphatic carbocycles. The summed E-state index contributed by atoms with van der Waals surface area (Å²) in [6.45, 7) is 0.422. The minimum atomic E-state index is -4.07. The number of aliphatic hydroxyl groups is 1. The lowest BCUT2D eigenvalue weighted by atomic mass is 9.97. The predicted octanol–water partition coefficient (Wildman–Crippen LogP) is 9.37. The Balaban J connectivity index is 0.000000301. The molecule has 28 nitrogen and oxygen atoms in total. The molecule has 29 heteroatoms. The summed E-state index contributed by atoms with van der Waals surface area (Å²) in [6.07, 6.45) is -2.23. The Morgan fingerprint density at radius 2 is 0.734 bits per heavy atom. The summed E-state index contributed by atoms with van der Waals surface area (Å²) in [4.78, 5) is 106. The van der Waals surface area contributed by atoms with Gasteiger partial charge in [-0.05, 0) is 165 Å². The number of carbonyl (C=O) groups is 9. The lowest BCUT2D eigenvalue weighted by Gasteiger charge is -2.14. The van der Waals surface area contributed by atoms with Gasteiger partial charge in [0.1, 0.15) is 37.1 Å².